The highest BCUT2D eigenvalue weighted by Crippen LogP contribution is 2.49. The Kier molecular flexibility index (Phi) is 4.64. The van der Waals surface area contributed by atoms with E-state index in [2.05, 4.69) is 144 Å². The molecule has 0 unspecified atom stereocenters. The molecule has 0 aliphatic heterocycles. The van der Waals surface area contributed by atoms with Crippen LogP contribution < -0.4 is 0 Å². The van der Waals surface area contributed by atoms with Crippen LogP contribution in [0.1, 0.15) is 0 Å². The van der Waals surface area contributed by atoms with Crippen LogP contribution in [0.5, 0.6) is 0 Å². The molecule has 1 aromatic heterocycles. The molecule has 0 atom stereocenters. The number of imidazole rings is 1. The number of hydrogen-bond donors (Lipinski definition) is 0. The van der Waals surface area contributed by atoms with Gasteiger partial charge in [-0.25, -0.2) is 4.98 Å². The van der Waals surface area contributed by atoms with Gasteiger partial charge in [-0.05, 0) is 85.3 Å². The van der Waals surface area contributed by atoms with E-state index >= 15 is 0 Å². The Morgan fingerprint density at radius 3 is 2.00 bits per heavy atom. The molecule has 1 aliphatic carbocycles. The standard InChI is InChI=1S/C39H24N2/c1-2-9-25(10-3-1)39-40-36-15-6-7-16-37(36)41(39)29-20-19-26-23-28(18-17-27(26)24-29)30-21-22-35-32-12-5-4-11-31(32)34-14-8-13-33(30)38(34)35/h1-24H. The second-order valence-electron chi connectivity index (χ2n) is 10.8. The lowest BCUT2D eigenvalue weighted by Gasteiger charge is -2.13. The first-order chi connectivity index (χ1) is 20.3. The average Bonchev–Trinajstić information content (AvgIpc) is 3.59. The average molecular weight is 521 g/mol. The molecule has 0 saturated heterocycles. The topological polar surface area (TPSA) is 17.8 Å². The van der Waals surface area contributed by atoms with E-state index in [0.29, 0.717) is 0 Å². The van der Waals surface area contributed by atoms with Gasteiger partial charge in [0.1, 0.15) is 5.82 Å². The zero-order valence-electron chi connectivity index (χ0n) is 22.3. The van der Waals surface area contributed by atoms with Gasteiger partial charge in [-0.1, -0.05) is 115 Å². The molecule has 1 heterocycles. The van der Waals surface area contributed by atoms with Crippen LogP contribution in [0, 0.1) is 0 Å². The Labute approximate surface area is 237 Å². The lowest BCUT2D eigenvalue weighted by atomic mass is 9.93. The predicted octanol–water partition coefficient (Wildman–Crippen LogP) is 10.3. The molecule has 0 N–H and O–H groups in total. The van der Waals surface area contributed by atoms with Crippen LogP contribution in [0.4, 0.5) is 0 Å². The number of nitrogens with zero attached hydrogens (tertiary/aromatic N) is 2. The zero-order valence-corrected chi connectivity index (χ0v) is 22.3. The van der Waals surface area contributed by atoms with Crippen LogP contribution in [-0.4, -0.2) is 9.55 Å². The Bertz CT molecular complexity index is 2280. The number of aromatic nitrogens is 2. The summed E-state index contributed by atoms with van der Waals surface area (Å²) < 4.78 is 2.28. The first-order valence-electron chi connectivity index (χ1n) is 14.1. The minimum Gasteiger partial charge on any atom is -0.292 e. The first-order valence-corrected chi connectivity index (χ1v) is 14.1. The van der Waals surface area contributed by atoms with Crippen molar-refractivity contribution in [2.45, 2.75) is 0 Å². The summed E-state index contributed by atoms with van der Waals surface area (Å²) in [6.45, 7) is 0. The van der Waals surface area contributed by atoms with Crippen molar-refractivity contribution in [1.29, 1.82) is 0 Å². The third-order valence-electron chi connectivity index (χ3n) is 8.53. The van der Waals surface area contributed by atoms with E-state index in [1.54, 1.807) is 0 Å². The Hall–Kier alpha value is -5.47. The van der Waals surface area contributed by atoms with Gasteiger partial charge >= 0.3 is 0 Å². The van der Waals surface area contributed by atoms with Gasteiger partial charge in [0.2, 0.25) is 0 Å². The largest absolute Gasteiger partial charge is 0.292 e. The summed E-state index contributed by atoms with van der Waals surface area (Å²) >= 11 is 0. The van der Waals surface area contributed by atoms with Gasteiger partial charge in [-0.3, -0.25) is 4.57 Å². The number of rotatable bonds is 3. The lowest BCUT2D eigenvalue weighted by molar-refractivity contribution is 1.11. The quantitative estimate of drug-likeness (QED) is 0.227. The van der Waals surface area contributed by atoms with Gasteiger partial charge in [0, 0.05) is 11.3 Å². The van der Waals surface area contributed by atoms with Crippen LogP contribution in [0.15, 0.2) is 146 Å². The maximum Gasteiger partial charge on any atom is 0.145 e. The van der Waals surface area contributed by atoms with E-state index in [1.807, 2.05) is 6.07 Å². The summed E-state index contributed by atoms with van der Waals surface area (Å²) in [7, 11) is 0. The van der Waals surface area contributed by atoms with E-state index in [0.717, 1.165) is 28.1 Å². The van der Waals surface area contributed by atoms with Gasteiger partial charge < -0.3 is 0 Å². The highest BCUT2D eigenvalue weighted by atomic mass is 15.1. The summed E-state index contributed by atoms with van der Waals surface area (Å²) in [6.07, 6.45) is 0. The molecule has 9 rings (SSSR count). The van der Waals surface area contributed by atoms with Crippen molar-refractivity contribution < 1.29 is 0 Å². The molecular formula is C39H24N2. The summed E-state index contributed by atoms with van der Waals surface area (Å²) in [5.74, 6) is 0.955. The van der Waals surface area contributed by atoms with Crippen LogP contribution in [0.2, 0.25) is 0 Å². The van der Waals surface area contributed by atoms with Crippen molar-refractivity contribution in [3.63, 3.8) is 0 Å². The highest BCUT2D eigenvalue weighted by Gasteiger charge is 2.22. The van der Waals surface area contributed by atoms with E-state index in [-0.39, 0.29) is 0 Å². The zero-order chi connectivity index (χ0) is 26.9. The molecule has 2 heteroatoms. The monoisotopic (exact) mass is 520 g/mol. The molecule has 0 spiro atoms. The molecule has 8 aromatic rings. The minimum absolute atomic E-state index is 0.955. The maximum atomic E-state index is 5.02. The molecule has 0 bridgehead atoms. The van der Waals surface area contributed by atoms with E-state index in [4.69, 9.17) is 4.98 Å². The molecule has 0 radical (unpaired) electrons. The third-order valence-corrected chi connectivity index (χ3v) is 8.53. The van der Waals surface area contributed by atoms with Crippen molar-refractivity contribution >= 4 is 32.6 Å². The molecule has 0 amide bonds. The molecular weight excluding hydrogens is 496 g/mol. The van der Waals surface area contributed by atoms with Crippen LogP contribution >= 0.6 is 0 Å². The van der Waals surface area contributed by atoms with Gasteiger partial charge in [0.05, 0.1) is 11.0 Å². The Morgan fingerprint density at radius 1 is 0.439 bits per heavy atom. The van der Waals surface area contributed by atoms with Crippen LogP contribution in [0.3, 0.4) is 0 Å². The summed E-state index contributed by atoms with van der Waals surface area (Å²) in [5.41, 5.74) is 12.2. The minimum atomic E-state index is 0.955. The SMILES string of the molecule is c1ccc(-c2nc3ccccc3n2-c2ccc3cc(-c4ccc5c6c(cccc46)-c4ccccc4-5)ccc3c2)cc1. The normalized spacial score (nSPS) is 11.9. The smallest absolute Gasteiger partial charge is 0.145 e. The molecule has 2 nitrogen and oxygen atoms in total. The second-order valence-corrected chi connectivity index (χ2v) is 10.8. The summed E-state index contributed by atoms with van der Waals surface area (Å²) in [4.78, 5) is 5.02. The molecule has 0 fully saturated rings. The van der Waals surface area contributed by atoms with Crippen molar-refractivity contribution in [3.05, 3.63) is 146 Å². The van der Waals surface area contributed by atoms with Crippen molar-refractivity contribution in [3.8, 4) is 50.5 Å². The van der Waals surface area contributed by atoms with E-state index < -0.39 is 0 Å². The maximum absolute atomic E-state index is 5.02. The van der Waals surface area contributed by atoms with Crippen LogP contribution in [-0.2, 0) is 0 Å². The summed E-state index contributed by atoms with van der Waals surface area (Å²) in [6, 6.07) is 52.5. The third kappa shape index (κ3) is 3.28. The summed E-state index contributed by atoms with van der Waals surface area (Å²) in [5, 5.41) is 5.11. The van der Waals surface area contributed by atoms with Gasteiger partial charge in [0.25, 0.3) is 0 Å². The molecule has 190 valence electrons. The van der Waals surface area contributed by atoms with Gasteiger partial charge in [0.15, 0.2) is 0 Å². The van der Waals surface area contributed by atoms with Gasteiger partial charge in [-0.2, -0.15) is 0 Å². The predicted molar refractivity (Wildman–Crippen MR) is 171 cm³/mol. The fourth-order valence-electron chi connectivity index (χ4n) is 6.67. The Balaban J connectivity index is 1.19. The van der Waals surface area contributed by atoms with Crippen LogP contribution in [0.25, 0.3) is 83.0 Å². The fraction of sp³-hybridized carbons (Fsp3) is 0. The number of hydrogen-bond acceptors (Lipinski definition) is 1. The number of fused-ring (bicyclic) bond motifs is 5. The molecule has 0 saturated carbocycles. The number of benzene rings is 7. The molecule has 41 heavy (non-hydrogen) atoms. The first kappa shape index (κ1) is 22.4. The fourth-order valence-corrected chi connectivity index (χ4v) is 6.67. The molecule has 1 aliphatic rings. The van der Waals surface area contributed by atoms with E-state index in [9.17, 15) is 0 Å². The van der Waals surface area contributed by atoms with Crippen molar-refractivity contribution in [1.82, 2.24) is 9.55 Å². The highest BCUT2D eigenvalue weighted by molar-refractivity contribution is 6.18. The van der Waals surface area contributed by atoms with E-state index in [1.165, 1.54) is 54.9 Å². The Morgan fingerprint density at radius 2 is 1.12 bits per heavy atom. The van der Waals surface area contributed by atoms with Gasteiger partial charge in [-0.15, -0.1) is 0 Å². The van der Waals surface area contributed by atoms with Crippen molar-refractivity contribution in [2.75, 3.05) is 0 Å². The number of para-hydroxylation sites is 2. The molecule has 7 aromatic carbocycles. The van der Waals surface area contributed by atoms with Crippen molar-refractivity contribution in [2.24, 2.45) is 0 Å². The second kappa shape index (κ2) is 8.51. The lowest BCUT2D eigenvalue weighted by Crippen LogP contribution is -1.97.